The van der Waals surface area contributed by atoms with Crippen molar-refractivity contribution in [2.24, 2.45) is 0 Å². The Morgan fingerprint density at radius 3 is 2.42 bits per heavy atom. The third kappa shape index (κ3) is 4.46. The van der Waals surface area contributed by atoms with E-state index in [-0.39, 0.29) is 21.7 Å². The molecule has 0 atom stereocenters. The number of ether oxygens (including phenoxy) is 1. The van der Waals surface area contributed by atoms with Gasteiger partial charge in [0.15, 0.2) is 0 Å². The maximum atomic E-state index is 13.4. The largest absolute Gasteiger partial charge is 0.497 e. The lowest BCUT2D eigenvalue weighted by Gasteiger charge is -2.06. The molecular weight excluding hydrogens is 412 g/mol. The summed E-state index contributed by atoms with van der Waals surface area (Å²) in [5, 5.41) is 2.95. The highest BCUT2D eigenvalue weighted by atomic mass is 32.2. The van der Waals surface area contributed by atoms with Crippen molar-refractivity contribution in [2.75, 3.05) is 12.4 Å². The highest BCUT2D eigenvalue weighted by Crippen LogP contribution is 2.33. The van der Waals surface area contributed by atoms with Gasteiger partial charge in [0.1, 0.15) is 5.75 Å². The molecule has 1 N–H and O–H groups in total. The van der Waals surface area contributed by atoms with E-state index < -0.39 is 9.84 Å². The molecule has 4 rings (SSSR count). The highest BCUT2D eigenvalue weighted by molar-refractivity contribution is 7.91. The van der Waals surface area contributed by atoms with Gasteiger partial charge in [-0.25, -0.2) is 8.42 Å². The first-order valence-electron chi connectivity index (χ1n) is 9.72. The Morgan fingerprint density at radius 2 is 1.71 bits per heavy atom. The summed E-state index contributed by atoms with van der Waals surface area (Å²) in [4.78, 5) is 4.52. The number of hydrogen-bond acceptors (Lipinski definition) is 6. The molecule has 0 amide bonds. The van der Waals surface area contributed by atoms with Gasteiger partial charge in [-0.3, -0.25) is 0 Å². The van der Waals surface area contributed by atoms with Crippen molar-refractivity contribution in [2.45, 2.75) is 23.4 Å². The zero-order chi connectivity index (χ0) is 21.8. The second-order valence-electron chi connectivity index (χ2n) is 7.04. The van der Waals surface area contributed by atoms with E-state index in [9.17, 15) is 8.42 Å². The fourth-order valence-electron chi connectivity index (χ4n) is 3.09. The van der Waals surface area contributed by atoms with Crippen LogP contribution in [-0.4, -0.2) is 20.5 Å². The molecule has 0 spiro atoms. The average Bonchev–Trinajstić information content (AvgIpc) is 3.24. The van der Waals surface area contributed by atoms with Crippen molar-refractivity contribution in [3.05, 3.63) is 90.0 Å². The number of anilines is 1. The van der Waals surface area contributed by atoms with Crippen LogP contribution in [0.25, 0.3) is 11.5 Å². The van der Waals surface area contributed by atoms with Crippen molar-refractivity contribution in [3.63, 3.8) is 0 Å². The van der Waals surface area contributed by atoms with E-state index in [2.05, 4.69) is 10.3 Å². The lowest BCUT2D eigenvalue weighted by Crippen LogP contribution is -2.07. The van der Waals surface area contributed by atoms with E-state index in [0.29, 0.717) is 17.9 Å². The van der Waals surface area contributed by atoms with Gasteiger partial charge in [-0.1, -0.05) is 54.1 Å². The number of benzene rings is 3. The number of sulfone groups is 1. The molecule has 3 aromatic carbocycles. The van der Waals surface area contributed by atoms with Gasteiger partial charge in [-0.15, -0.1) is 0 Å². The van der Waals surface area contributed by atoms with Gasteiger partial charge in [-0.2, -0.15) is 4.98 Å². The van der Waals surface area contributed by atoms with E-state index in [4.69, 9.17) is 9.15 Å². The predicted octanol–water partition coefficient (Wildman–Crippen LogP) is 5.10. The molecule has 4 aromatic rings. The lowest BCUT2D eigenvalue weighted by molar-refractivity contribution is 0.415. The van der Waals surface area contributed by atoms with E-state index in [1.165, 1.54) is 0 Å². The van der Waals surface area contributed by atoms with Gasteiger partial charge >= 0.3 is 0 Å². The molecule has 158 valence electrons. The van der Waals surface area contributed by atoms with Crippen molar-refractivity contribution >= 4 is 15.7 Å². The molecule has 0 fully saturated rings. The maximum absolute atomic E-state index is 13.4. The minimum absolute atomic E-state index is 0.0993. The normalized spacial score (nSPS) is 11.3. The van der Waals surface area contributed by atoms with Gasteiger partial charge in [0.05, 0.1) is 12.0 Å². The first-order valence-corrected chi connectivity index (χ1v) is 11.2. The van der Waals surface area contributed by atoms with Gasteiger partial charge < -0.3 is 14.5 Å². The number of hydrogen-bond donors (Lipinski definition) is 1. The van der Waals surface area contributed by atoms with Crippen LogP contribution >= 0.6 is 0 Å². The molecule has 1 aromatic heterocycles. The summed E-state index contributed by atoms with van der Waals surface area (Å²) >= 11 is 0. The Kier molecular flexibility index (Phi) is 5.77. The molecule has 7 heteroatoms. The molecule has 0 aliphatic rings. The Labute approximate surface area is 181 Å². The maximum Gasteiger partial charge on any atom is 0.234 e. The van der Waals surface area contributed by atoms with Crippen LogP contribution < -0.4 is 10.1 Å². The van der Waals surface area contributed by atoms with Crippen LogP contribution in [0.1, 0.15) is 11.1 Å². The summed E-state index contributed by atoms with van der Waals surface area (Å²) in [6.07, 6.45) is 0. The summed E-state index contributed by atoms with van der Waals surface area (Å²) in [6.45, 7) is 2.30. The summed E-state index contributed by atoms with van der Waals surface area (Å²) < 4.78 is 37.9. The van der Waals surface area contributed by atoms with Gasteiger partial charge in [-0.05, 0) is 42.8 Å². The zero-order valence-corrected chi connectivity index (χ0v) is 18.0. The first-order chi connectivity index (χ1) is 15.0. The second-order valence-corrected chi connectivity index (χ2v) is 8.91. The fraction of sp³-hybridized carbons (Fsp3) is 0.125. The zero-order valence-electron chi connectivity index (χ0n) is 17.2. The Morgan fingerprint density at radius 1 is 0.968 bits per heavy atom. The second kappa shape index (κ2) is 8.65. The summed E-state index contributed by atoms with van der Waals surface area (Å²) in [5.74, 6) is 0.917. The molecule has 0 aliphatic carbocycles. The smallest absolute Gasteiger partial charge is 0.234 e. The molecule has 0 saturated carbocycles. The molecule has 31 heavy (non-hydrogen) atoms. The molecule has 0 aliphatic heterocycles. The Balaban J connectivity index is 1.77. The monoisotopic (exact) mass is 434 g/mol. The van der Waals surface area contributed by atoms with Gasteiger partial charge in [0.25, 0.3) is 0 Å². The lowest BCUT2D eigenvalue weighted by atomic mass is 10.2. The number of methoxy groups -OCH3 is 1. The third-order valence-electron chi connectivity index (χ3n) is 4.79. The quantitative estimate of drug-likeness (QED) is 0.436. The molecule has 1 heterocycles. The van der Waals surface area contributed by atoms with Crippen molar-refractivity contribution in [3.8, 4) is 17.2 Å². The van der Waals surface area contributed by atoms with Gasteiger partial charge in [0, 0.05) is 12.1 Å². The molecule has 6 nitrogen and oxygen atoms in total. The predicted molar refractivity (Wildman–Crippen MR) is 119 cm³/mol. The Bertz CT molecular complexity index is 1280. The Hall–Kier alpha value is -3.58. The van der Waals surface area contributed by atoms with Crippen LogP contribution in [0.5, 0.6) is 5.75 Å². The number of aryl methyl sites for hydroxylation is 1. The minimum atomic E-state index is -3.89. The summed E-state index contributed by atoms with van der Waals surface area (Å²) in [6, 6.07) is 23.4. The van der Waals surface area contributed by atoms with E-state index >= 15 is 0 Å². The van der Waals surface area contributed by atoms with Crippen LogP contribution in [0.4, 0.5) is 5.88 Å². The summed E-state index contributed by atoms with van der Waals surface area (Å²) in [7, 11) is -2.33. The van der Waals surface area contributed by atoms with Crippen LogP contribution in [0, 0.1) is 6.92 Å². The number of nitrogens with one attached hydrogen (secondary N) is 1. The average molecular weight is 435 g/mol. The van der Waals surface area contributed by atoms with Crippen molar-refractivity contribution in [1.29, 1.82) is 0 Å². The van der Waals surface area contributed by atoms with Crippen molar-refractivity contribution in [1.82, 2.24) is 4.98 Å². The number of aromatic nitrogens is 1. The van der Waals surface area contributed by atoms with E-state index in [0.717, 1.165) is 11.1 Å². The standard InChI is InChI=1S/C24H22N2O4S/c1-17-11-13-21(14-12-17)31(27,28)24-23(25-16-18-7-4-3-5-8-18)30-22(26-24)19-9-6-10-20(15-19)29-2/h3-15,25H,16H2,1-2H3. The topological polar surface area (TPSA) is 81.4 Å². The van der Waals surface area contributed by atoms with Crippen LogP contribution in [0.3, 0.4) is 0 Å². The SMILES string of the molecule is COc1cccc(-c2nc(S(=O)(=O)c3ccc(C)cc3)c(NCc3ccccc3)o2)c1. The van der Waals surface area contributed by atoms with E-state index in [1.807, 2.05) is 37.3 Å². The number of nitrogens with zero attached hydrogens (tertiary/aromatic N) is 1. The summed E-state index contributed by atoms with van der Waals surface area (Å²) in [5.41, 5.74) is 2.58. The van der Waals surface area contributed by atoms with E-state index in [1.54, 1.807) is 55.6 Å². The van der Waals surface area contributed by atoms with Crippen LogP contribution in [0.2, 0.25) is 0 Å². The van der Waals surface area contributed by atoms with Gasteiger partial charge in [0.2, 0.25) is 26.6 Å². The fourth-order valence-corrected chi connectivity index (χ4v) is 4.37. The minimum Gasteiger partial charge on any atom is -0.497 e. The molecule has 0 saturated heterocycles. The molecule has 0 bridgehead atoms. The molecular formula is C24H22N2O4S. The third-order valence-corrected chi connectivity index (χ3v) is 6.47. The van der Waals surface area contributed by atoms with Crippen LogP contribution in [-0.2, 0) is 16.4 Å². The molecule has 0 unspecified atom stereocenters. The van der Waals surface area contributed by atoms with Crippen molar-refractivity contribution < 1.29 is 17.6 Å². The molecule has 0 radical (unpaired) electrons. The first kappa shape index (κ1) is 20.7. The number of oxazole rings is 1. The number of rotatable bonds is 7. The highest BCUT2D eigenvalue weighted by Gasteiger charge is 2.28. The van der Waals surface area contributed by atoms with Crippen LogP contribution in [0.15, 0.2) is 93.2 Å².